The van der Waals surface area contributed by atoms with Crippen molar-refractivity contribution in [2.24, 2.45) is 0 Å². The molecule has 10 heteroatoms. The highest BCUT2D eigenvalue weighted by molar-refractivity contribution is 6.03. The number of nitrogens with one attached hydrogen (secondary N) is 1. The molecule has 2 aliphatic rings. The fourth-order valence-electron chi connectivity index (χ4n) is 4.76. The summed E-state index contributed by atoms with van der Waals surface area (Å²) in [5.41, 5.74) is 1.91. The Hall–Kier alpha value is -3.79. The van der Waals surface area contributed by atoms with Crippen LogP contribution >= 0.6 is 0 Å². The number of piperazine rings is 1. The molecule has 0 atom stereocenters. The number of phenolic OH excluding ortho intramolecular Hbond substituents is 2. The number of fused-ring (bicyclic) bond motifs is 1. The van der Waals surface area contributed by atoms with Crippen LogP contribution in [0.15, 0.2) is 30.3 Å². The molecule has 4 rings (SSSR count). The molecular formula is C28H36N4O6. The van der Waals surface area contributed by atoms with Gasteiger partial charge < -0.3 is 30.1 Å². The number of benzene rings is 2. The zero-order valence-corrected chi connectivity index (χ0v) is 22.0. The lowest BCUT2D eigenvalue weighted by molar-refractivity contribution is -0.124. The van der Waals surface area contributed by atoms with Gasteiger partial charge in [-0.05, 0) is 42.2 Å². The normalized spacial score (nSPS) is 15.2. The van der Waals surface area contributed by atoms with E-state index >= 15 is 0 Å². The van der Waals surface area contributed by atoms with Crippen LogP contribution in [0.25, 0.3) is 0 Å². The van der Waals surface area contributed by atoms with Crippen LogP contribution in [0.1, 0.15) is 58.0 Å². The molecule has 2 aromatic carbocycles. The third kappa shape index (κ3) is 6.36. The summed E-state index contributed by atoms with van der Waals surface area (Å²) in [6.45, 7) is 6.50. The van der Waals surface area contributed by atoms with Crippen LogP contribution in [-0.2, 0) is 17.9 Å². The van der Waals surface area contributed by atoms with Gasteiger partial charge in [-0.3, -0.25) is 19.3 Å². The number of hydrogen-bond acceptors (Lipinski definition) is 7. The molecule has 38 heavy (non-hydrogen) atoms. The van der Waals surface area contributed by atoms with E-state index in [1.165, 1.54) is 11.0 Å². The molecule has 0 aromatic heterocycles. The average molecular weight is 525 g/mol. The highest BCUT2D eigenvalue weighted by Crippen LogP contribution is 2.33. The van der Waals surface area contributed by atoms with Gasteiger partial charge in [0.05, 0.1) is 24.3 Å². The lowest BCUT2D eigenvalue weighted by atomic mass is 10.1. The summed E-state index contributed by atoms with van der Waals surface area (Å²) in [7, 11) is 1.65. The Balaban J connectivity index is 1.37. The SMILES string of the molecule is CCCCN(C)C(=O)c1cc(C(=O)N2Cc3ccc(OCCCN4CCNC(=O)C4)cc3C2)c(O)cc1O. The zero-order chi connectivity index (χ0) is 27.2. The van der Waals surface area contributed by atoms with Gasteiger partial charge in [0.1, 0.15) is 17.2 Å². The molecule has 2 aliphatic heterocycles. The molecule has 0 saturated carbocycles. The minimum Gasteiger partial charge on any atom is -0.507 e. The van der Waals surface area contributed by atoms with Crippen LogP contribution in [0, 0.1) is 0 Å². The lowest BCUT2D eigenvalue weighted by Crippen LogP contribution is -2.47. The quantitative estimate of drug-likeness (QED) is 0.408. The van der Waals surface area contributed by atoms with E-state index < -0.39 is 11.8 Å². The van der Waals surface area contributed by atoms with Crippen molar-refractivity contribution in [3.63, 3.8) is 0 Å². The summed E-state index contributed by atoms with van der Waals surface area (Å²) >= 11 is 0. The van der Waals surface area contributed by atoms with Crippen LogP contribution in [0.3, 0.4) is 0 Å². The molecule has 2 aromatic rings. The molecule has 0 bridgehead atoms. The monoisotopic (exact) mass is 524 g/mol. The number of aromatic hydroxyl groups is 2. The Bertz CT molecular complexity index is 1200. The smallest absolute Gasteiger partial charge is 0.258 e. The van der Waals surface area contributed by atoms with Crippen LogP contribution < -0.4 is 10.1 Å². The van der Waals surface area contributed by atoms with E-state index in [0.717, 1.165) is 49.5 Å². The van der Waals surface area contributed by atoms with Gasteiger partial charge in [0.25, 0.3) is 11.8 Å². The molecule has 10 nitrogen and oxygen atoms in total. The largest absolute Gasteiger partial charge is 0.507 e. The van der Waals surface area contributed by atoms with Gasteiger partial charge in [-0.25, -0.2) is 0 Å². The fraction of sp³-hybridized carbons (Fsp3) is 0.464. The number of unbranched alkanes of at least 4 members (excludes halogenated alkanes) is 1. The summed E-state index contributed by atoms with van der Waals surface area (Å²) in [5, 5.41) is 23.5. The Morgan fingerprint density at radius 1 is 1.03 bits per heavy atom. The first-order chi connectivity index (χ1) is 18.3. The topological polar surface area (TPSA) is 123 Å². The van der Waals surface area contributed by atoms with Gasteiger partial charge in [0.2, 0.25) is 5.91 Å². The standard InChI is InChI=1S/C28H36N4O6/c1-3-4-9-30(2)27(36)22-14-23(25(34)15-24(22)33)28(37)32-16-19-6-7-21(13-20(19)17-32)38-12-5-10-31-11-8-29-26(35)18-31/h6-7,13-15,33-34H,3-5,8-12,16-18H2,1-2H3,(H,29,35). The number of carbonyl (C=O) groups is 3. The van der Waals surface area contributed by atoms with E-state index in [1.807, 2.05) is 25.1 Å². The second kappa shape index (κ2) is 12.2. The fourth-order valence-corrected chi connectivity index (χ4v) is 4.76. The first-order valence-corrected chi connectivity index (χ1v) is 13.1. The molecule has 1 saturated heterocycles. The summed E-state index contributed by atoms with van der Waals surface area (Å²) in [6.07, 6.45) is 2.54. The van der Waals surface area contributed by atoms with Crippen molar-refractivity contribution in [2.75, 3.05) is 46.4 Å². The van der Waals surface area contributed by atoms with Crippen molar-refractivity contribution in [3.8, 4) is 17.2 Å². The second-order valence-electron chi connectivity index (χ2n) is 9.89. The van der Waals surface area contributed by atoms with Crippen LogP contribution in [0.4, 0.5) is 0 Å². The number of ether oxygens (including phenoxy) is 1. The summed E-state index contributed by atoms with van der Waals surface area (Å²) in [4.78, 5) is 42.9. The molecule has 204 valence electrons. The van der Waals surface area contributed by atoms with Gasteiger partial charge in [0.15, 0.2) is 0 Å². The minimum absolute atomic E-state index is 0.0117. The Morgan fingerprint density at radius 2 is 1.79 bits per heavy atom. The minimum atomic E-state index is -0.419. The maximum atomic E-state index is 13.3. The molecule has 0 unspecified atom stereocenters. The van der Waals surface area contributed by atoms with E-state index in [-0.39, 0.29) is 28.5 Å². The van der Waals surface area contributed by atoms with E-state index in [0.29, 0.717) is 45.1 Å². The van der Waals surface area contributed by atoms with Gasteiger partial charge >= 0.3 is 0 Å². The first kappa shape index (κ1) is 27.3. The van der Waals surface area contributed by atoms with Crippen molar-refractivity contribution in [1.82, 2.24) is 20.0 Å². The summed E-state index contributed by atoms with van der Waals surface area (Å²) in [6, 6.07) is 8.06. The van der Waals surface area contributed by atoms with Gasteiger partial charge in [-0.15, -0.1) is 0 Å². The van der Waals surface area contributed by atoms with E-state index in [2.05, 4.69) is 10.2 Å². The maximum Gasteiger partial charge on any atom is 0.258 e. The number of amides is 3. The molecule has 1 fully saturated rings. The number of hydrogen-bond donors (Lipinski definition) is 3. The van der Waals surface area contributed by atoms with Crippen LogP contribution in [0.2, 0.25) is 0 Å². The summed E-state index contributed by atoms with van der Waals surface area (Å²) < 4.78 is 5.91. The Kier molecular flexibility index (Phi) is 8.73. The highest BCUT2D eigenvalue weighted by Gasteiger charge is 2.28. The second-order valence-corrected chi connectivity index (χ2v) is 9.89. The molecule has 2 heterocycles. The van der Waals surface area contributed by atoms with E-state index in [1.54, 1.807) is 11.9 Å². The first-order valence-electron chi connectivity index (χ1n) is 13.1. The van der Waals surface area contributed by atoms with Crippen LogP contribution in [-0.4, -0.2) is 89.0 Å². The lowest BCUT2D eigenvalue weighted by Gasteiger charge is -2.26. The zero-order valence-electron chi connectivity index (χ0n) is 22.0. The number of phenols is 2. The molecular weight excluding hydrogens is 488 g/mol. The molecule has 0 radical (unpaired) electrons. The van der Waals surface area contributed by atoms with E-state index in [9.17, 15) is 24.6 Å². The van der Waals surface area contributed by atoms with Crippen molar-refractivity contribution in [3.05, 3.63) is 52.6 Å². The number of carbonyl (C=O) groups excluding carboxylic acids is 3. The molecule has 3 amide bonds. The number of nitrogens with zero attached hydrogens (tertiary/aromatic N) is 3. The Morgan fingerprint density at radius 3 is 2.55 bits per heavy atom. The van der Waals surface area contributed by atoms with Gasteiger partial charge in [-0.1, -0.05) is 19.4 Å². The highest BCUT2D eigenvalue weighted by atomic mass is 16.5. The number of rotatable bonds is 10. The maximum absolute atomic E-state index is 13.3. The predicted molar refractivity (Wildman–Crippen MR) is 141 cm³/mol. The Labute approximate surface area is 222 Å². The van der Waals surface area contributed by atoms with Gasteiger partial charge in [0, 0.05) is 52.4 Å². The molecule has 3 N–H and O–H groups in total. The summed E-state index contributed by atoms with van der Waals surface area (Å²) in [5.74, 6) is -0.784. The van der Waals surface area contributed by atoms with E-state index in [4.69, 9.17) is 4.74 Å². The molecule has 0 aliphatic carbocycles. The third-order valence-corrected chi connectivity index (χ3v) is 6.96. The molecule has 0 spiro atoms. The predicted octanol–water partition coefficient (Wildman–Crippen LogP) is 2.33. The van der Waals surface area contributed by atoms with Crippen molar-refractivity contribution < 1.29 is 29.3 Å². The third-order valence-electron chi connectivity index (χ3n) is 6.96. The average Bonchev–Trinajstić information content (AvgIpc) is 3.33. The van der Waals surface area contributed by atoms with Gasteiger partial charge in [-0.2, -0.15) is 0 Å². The van der Waals surface area contributed by atoms with Crippen LogP contribution in [0.5, 0.6) is 17.2 Å². The van der Waals surface area contributed by atoms with Crippen molar-refractivity contribution >= 4 is 17.7 Å². The van der Waals surface area contributed by atoms with Crippen molar-refractivity contribution in [2.45, 2.75) is 39.3 Å². The van der Waals surface area contributed by atoms with Crippen molar-refractivity contribution in [1.29, 1.82) is 0 Å².